The van der Waals surface area contributed by atoms with E-state index in [1.54, 1.807) is 0 Å². The summed E-state index contributed by atoms with van der Waals surface area (Å²) in [5.41, 5.74) is 14.3. The average Bonchev–Trinajstić information content (AvgIpc) is 2.47. The number of hydrogen-bond donors (Lipinski definition) is 3. The zero-order valence-corrected chi connectivity index (χ0v) is 11.4. The number of nitrogens with two attached hydrogens (primary N) is 1. The molecule has 4 N–H and O–H groups in total. The number of aliphatic carboxylic acids is 1. The van der Waals surface area contributed by atoms with E-state index >= 15 is 0 Å². The van der Waals surface area contributed by atoms with Crippen LogP contribution >= 0.6 is 0 Å². The number of carbonyl (C=O) groups excluding carboxylic acids is 1. The normalized spacial score (nSPS) is 11.3. The van der Waals surface area contributed by atoms with Gasteiger partial charge in [0.1, 0.15) is 6.04 Å². The van der Waals surface area contributed by atoms with Gasteiger partial charge in [0.25, 0.3) is 5.91 Å². The van der Waals surface area contributed by atoms with Crippen LogP contribution in [0.25, 0.3) is 10.4 Å². The fourth-order valence-corrected chi connectivity index (χ4v) is 1.72. The molecule has 0 aliphatic carbocycles. The summed E-state index contributed by atoms with van der Waals surface area (Å²) in [6.45, 7) is 0.487. The molecule has 0 fully saturated rings. The van der Waals surface area contributed by atoms with Crippen molar-refractivity contribution < 1.29 is 14.7 Å². The Hall–Kier alpha value is -2.57. The van der Waals surface area contributed by atoms with Gasteiger partial charge in [-0.2, -0.15) is 0 Å². The van der Waals surface area contributed by atoms with Gasteiger partial charge in [-0.25, -0.2) is 4.79 Å². The third-order valence-electron chi connectivity index (χ3n) is 2.84. The van der Waals surface area contributed by atoms with Gasteiger partial charge in [0.2, 0.25) is 0 Å². The summed E-state index contributed by atoms with van der Waals surface area (Å²) in [7, 11) is 0. The maximum absolute atomic E-state index is 12.0. The van der Waals surface area contributed by atoms with Gasteiger partial charge in [-0.1, -0.05) is 17.2 Å². The topological polar surface area (TPSA) is 141 Å². The maximum Gasteiger partial charge on any atom is 0.326 e. The number of carboxylic acid groups (broad SMARTS) is 1. The number of hydrogen-bond acceptors (Lipinski definition) is 4. The second-order valence-electron chi connectivity index (χ2n) is 4.39. The average molecular weight is 291 g/mol. The molecular weight excluding hydrogens is 274 g/mol. The summed E-state index contributed by atoms with van der Waals surface area (Å²) in [6, 6.07) is 4.97. The Morgan fingerprint density at radius 1 is 1.33 bits per heavy atom. The SMILES string of the molecule is [N-]=[N+]=Nc1ccc(C(=O)N[C@@H](CCCCN)C(=O)O)cc1. The minimum absolute atomic E-state index is 0.303. The first kappa shape index (κ1) is 16.5. The smallest absolute Gasteiger partial charge is 0.326 e. The molecule has 0 saturated carbocycles. The lowest BCUT2D eigenvalue weighted by molar-refractivity contribution is -0.139. The van der Waals surface area contributed by atoms with Crippen molar-refractivity contribution in [2.24, 2.45) is 10.8 Å². The molecule has 1 atom stereocenters. The van der Waals surface area contributed by atoms with Crippen LogP contribution in [-0.2, 0) is 4.79 Å². The fraction of sp³-hybridized carbons (Fsp3) is 0.385. The molecular formula is C13H17N5O3. The van der Waals surface area contributed by atoms with Crippen molar-refractivity contribution in [3.05, 3.63) is 40.3 Å². The number of carboxylic acids is 1. The van der Waals surface area contributed by atoms with E-state index in [-0.39, 0.29) is 0 Å². The second-order valence-corrected chi connectivity index (χ2v) is 4.39. The maximum atomic E-state index is 12.0. The minimum atomic E-state index is -1.08. The Kier molecular flexibility index (Phi) is 6.73. The molecule has 0 unspecified atom stereocenters. The number of nitrogens with zero attached hydrogens (tertiary/aromatic N) is 3. The van der Waals surface area contributed by atoms with Gasteiger partial charge >= 0.3 is 5.97 Å². The number of unbranched alkanes of at least 4 members (excludes halogenated alkanes) is 1. The van der Waals surface area contributed by atoms with E-state index < -0.39 is 17.9 Å². The number of azide groups is 1. The Labute approximate surface area is 121 Å². The molecule has 0 heterocycles. The van der Waals surface area contributed by atoms with E-state index in [9.17, 15) is 9.59 Å². The number of nitrogens with one attached hydrogen (secondary N) is 1. The van der Waals surface area contributed by atoms with Crippen LogP contribution in [0.3, 0.4) is 0 Å². The third kappa shape index (κ3) is 5.52. The van der Waals surface area contributed by atoms with Gasteiger partial charge in [-0.15, -0.1) is 0 Å². The Morgan fingerprint density at radius 2 is 2.00 bits per heavy atom. The van der Waals surface area contributed by atoms with Crippen molar-refractivity contribution in [2.75, 3.05) is 6.54 Å². The van der Waals surface area contributed by atoms with E-state index in [1.807, 2.05) is 0 Å². The Bertz CT molecular complexity index is 537. The van der Waals surface area contributed by atoms with Crippen molar-refractivity contribution >= 4 is 17.6 Å². The van der Waals surface area contributed by atoms with E-state index in [2.05, 4.69) is 15.3 Å². The summed E-state index contributed by atoms with van der Waals surface area (Å²) in [6.07, 6.45) is 1.67. The lowest BCUT2D eigenvalue weighted by atomic mass is 10.1. The van der Waals surface area contributed by atoms with E-state index in [4.69, 9.17) is 16.4 Å². The van der Waals surface area contributed by atoms with Crippen LogP contribution in [0.4, 0.5) is 5.69 Å². The van der Waals surface area contributed by atoms with Crippen LogP contribution in [-0.4, -0.2) is 29.6 Å². The van der Waals surface area contributed by atoms with Gasteiger partial charge in [0, 0.05) is 16.2 Å². The van der Waals surface area contributed by atoms with E-state index in [0.717, 1.165) is 0 Å². The van der Waals surface area contributed by atoms with E-state index in [0.29, 0.717) is 37.1 Å². The zero-order chi connectivity index (χ0) is 15.7. The summed E-state index contributed by atoms with van der Waals surface area (Å²) in [4.78, 5) is 25.7. The van der Waals surface area contributed by atoms with Crippen molar-refractivity contribution in [1.29, 1.82) is 0 Å². The molecule has 0 aromatic heterocycles. The van der Waals surface area contributed by atoms with E-state index in [1.165, 1.54) is 24.3 Å². The molecule has 0 aliphatic rings. The lowest BCUT2D eigenvalue weighted by Crippen LogP contribution is -2.40. The molecule has 0 spiro atoms. The molecule has 1 amide bonds. The third-order valence-corrected chi connectivity index (χ3v) is 2.84. The summed E-state index contributed by atoms with van der Waals surface area (Å²) in [5, 5.41) is 14.9. The van der Waals surface area contributed by atoms with Gasteiger partial charge in [0.15, 0.2) is 0 Å². The molecule has 1 rings (SSSR count). The minimum Gasteiger partial charge on any atom is -0.480 e. The largest absolute Gasteiger partial charge is 0.480 e. The molecule has 0 saturated heterocycles. The number of benzene rings is 1. The van der Waals surface area contributed by atoms with Crippen molar-refractivity contribution in [2.45, 2.75) is 25.3 Å². The van der Waals surface area contributed by atoms with Crippen molar-refractivity contribution in [1.82, 2.24) is 5.32 Å². The molecule has 8 heteroatoms. The van der Waals surface area contributed by atoms with Crippen molar-refractivity contribution in [3.8, 4) is 0 Å². The zero-order valence-electron chi connectivity index (χ0n) is 11.4. The first-order valence-corrected chi connectivity index (χ1v) is 6.47. The van der Waals surface area contributed by atoms with Crippen LogP contribution in [0.2, 0.25) is 0 Å². The molecule has 1 aromatic rings. The van der Waals surface area contributed by atoms with Crippen molar-refractivity contribution in [3.63, 3.8) is 0 Å². The molecule has 8 nitrogen and oxygen atoms in total. The van der Waals surface area contributed by atoms with Crippen LogP contribution in [0.15, 0.2) is 29.4 Å². The Balaban J connectivity index is 2.67. The predicted octanol–water partition coefficient (Wildman–Crippen LogP) is 1.94. The van der Waals surface area contributed by atoms with Gasteiger partial charge in [-0.3, -0.25) is 4.79 Å². The highest BCUT2D eigenvalue weighted by Gasteiger charge is 2.19. The van der Waals surface area contributed by atoms with Crippen LogP contribution in [0.5, 0.6) is 0 Å². The molecule has 112 valence electrons. The molecule has 0 radical (unpaired) electrons. The summed E-state index contributed by atoms with van der Waals surface area (Å²) >= 11 is 0. The van der Waals surface area contributed by atoms with Gasteiger partial charge < -0.3 is 16.2 Å². The highest BCUT2D eigenvalue weighted by molar-refractivity contribution is 5.96. The number of carbonyl (C=O) groups is 2. The summed E-state index contributed by atoms with van der Waals surface area (Å²) < 4.78 is 0. The standard InChI is InChI=1S/C13H17N5O3/c14-8-2-1-3-11(13(20)21)16-12(19)9-4-6-10(7-5-9)17-18-15/h4-7,11H,1-3,8,14H2,(H,16,19)(H,20,21)/t11-/m0/s1. The predicted molar refractivity (Wildman–Crippen MR) is 77.0 cm³/mol. The van der Waals surface area contributed by atoms with Crippen LogP contribution < -0.4 is 11.1 Å². The highest BCUT2D eigenvalue weighted by Crippen LogP contribution is 2.13. The lowest BCUT2D eigenvalue weighted by Gasteiger charge is -2.14. The second kappa shape index (κ2) is 8.57. The number of rotatable bonds is 8. The summed E-state index contributed by atoms with van der Waals surface area (Å²) in [5.74, 6) is -1.56. The number of amides is 1. The Morgan fingerprint density at radius 3 is 2.52 bits per heavy atom. The quantitative estimate of drug-likeness (QED) is 0.291. The fourth-order valence-electron chi connectivity index (χ4n) is 1.72. The monoisotopic (exact) mass is 291 g/mol. The molecule has 1 aromatic carbocycles. The highest BCUT2D eigenvalue weighted by atomic mass is 16.4. The molecule has 21 heavy (non-hydrogen) atoms. The van der Waals surface area contributed by atoms with Gasteiger partial charge in [-0.05, 0) is 43.5 Å². The molecule has 0 bridgehead atoms. The van der Waals surface area contributed by atoms with Gasteiger partial charge in [0.05, 0.1) is 0 Å². The van der Waals surface area contributed by atoms with Crippen LogP contribution in [0, 0.1) is 0 Å². The van der Waals surface area contributed by atoms with Crippen LogP contribution in [0.1, 0.15) is 29.6 Å². The first-order chi connectivity index (χ1) is 10.1. The molecule has 0 aliphatic heterocycles. The first-order valence-electron chi connectivity index (χ1n) is 6.47.